The molecule has 0 aromatic heterocycles. The van der Waals surface area contributed by atoms with Crippen molar-refractivity contribution in [2.45, 2.75) is 33.4 Å². The number of ether oxygens (including phenoxy) is 1. The number of nitrogens with one attached hydrogen (secondary N) is 3. The summed E-state index contributed by atoms with van der Waals surface area (Å²) in [7, 11) is 1.69. The SMILES string of the molecule is COc1ccc(C[NH+]2CC[NH+](CC(=O)N[C@@H](C)C(C)C)CC2)cc1. The highest BCUT2D eigenvalue weighted by molar-refractivity contribution is 5.77. The lowest BCUT2D eigenvalue weighted by Gasteiger charge is -2.30. The van der Waals surface area contributed by atoms with Crippen LogP contribution in [-0.4, -0.2) is 51.8 Å². The van der Waals surface area contributed by atoms with Crippen LogP contribution in [0.3, 0.4) is 0 Å². The van der Waals surface area contributed by atoms with Crippen LogP contribution in [-0.2, 0) is 11.3 Å². The summed E-state index contributed by atoms with van der Waals surface area (Å²) in [5.74, 6) is 1.57. The van der Waals surface area contributed by atoms with Gasteiger partial charge >= 0.3 is 0 Å². The van der Waals surface area contributed by atoms with Crippen molar-refractivity contribution in [2.75, 3.05) is 39.8 Å². The molecule has 5 heteroatoms. The molecule has 1 aromatic rings. The van der Waals surface area contributed by atoms with E-state index < -0.39 is 0 Å². The molecule has 0 aliphatic carbocycles. The molecule has 1 heterocycles. The first-order chi connectivity index (χ1) is 11.5. The predicted octanol–water partition coefficient (Wildman–Crippen LogP) is -0.861. The third-order valence-electron chi connectivity index (χ3n) is 5.08. The molecule has 1 amide bonds. The molecule has 1 atom stereocenters. The van der Waals surface area contributed by atoms with E-state index in [9.17, 15) is 4.79 Å². The van der Waals surface area contributed by atoms with Gasteiger partial charge in [0.1, 0.15) is 38.5 Å². The Morgan fingerprint density at radius 3 is 2.21 bits per heavy atom. The molecule has 134 valence electrons. The Kier molecular flexibility index (Phi) is 7.06. The second kappa shape index (κ2) is 9.04. The lowest BCUT2D eigenvalue weighted by atomic mass is 10.1. The molecule has 0 saturated carbocycles. The first kappa shape index (κ1) is 18.7. The second-order valence-electron chi connectivity index (χ2n) is 7.30. The number of benzene rings is 1. The summed E-state index contributed by atoms with van der Waals surface area (Å²) in [5, 5.41) is 3.11. The van der Waals surface area contributed by atoms with Crippen LogP contribution in [0.1, 0.15) is 26.3 Å². The second-order valence-corrected chi connectivity index (χ2v) is 7.30. The molecule has 1 aromatic carbocycles. The van der Waals surface area contributed by atoms with Gasteiger partial charge in [-0.3, -0.25) is 4.79 Å². The van der Waals surface area contributed by atoms with Gasteiger partial charge in [0, 0.05) is 11.6 Å². The predicted molar refractivity (Wildman–Crippen MR) is 95.4 cm³/mol. The van der Waals surface area contributed by atoms with Gasteiger partial charge in [0.25, 0.3) is 5.91 Å². The first-order valence-corrected chi connectivity index (χ1v) is 9.07. The third-order valence-corrected chi connectivity index (χ3v) is 5.08. The van der Waals surface area contributed by atoms with Crippen molar-refractivity contribution < 1.29 is 19.3 Å². The fourth-order valence-corrected chi connectivity index (χ4v) is 3.04. The molecular formula is C19H33N3O2+2. The van der Waals surface area contributed by atoms with Crippen LogP contribution < -0.4 is 19.9 Å². The Morgan fingerprint density at radius 2 is 1.67 bits per heavy atom. The molecule has 24 heavy (non-hydrogen) atoms. The molecule has 0 radical (unpaired) electrons. The fourth-order valence-electron chi connectivity index (χ4n) is 3.04. The Balaban J connectivity index is 1.71. The zero-order valence-corrected chi connectivity index (χ0v) is 15.5. The van der Waals surface area contributed by atoms with E-state index in [0.717, 1.165) is 38.5 Å². The van der Waals surface area contributed by atoms with E-state index in [-0.39, 0.29) is 11.9 Å². The Morgan fingerprint density at radius 1 is 1.08 bits per heavy atom. The molecule has 2 rings (SSSR count). The van der Waals surface area contributed by atoms with E-state index in [2.05, 4.69) is 38.2 Å². The van der Waals surface area contributed by atoms with Crippen LogP contribution in [0.2, 0.25) is 0 Å². The zero-order valence-electron chi connectivity index (χ0n) is 15.5. The van der Waals surface area contributed by atoms with E-state index in [1.165, 1.54) is 10.5 Å². The first-order valence-electron chi connectivity index (χ1n) is 9.07. The van der Waals surface area contributed by atoms with Gasteiger partial charge in [0.2, 0.25) is 0 Å². The molecule has 1 aliphatic rings. The van der Waals surface area contributed by atoms with E-state index in [1.54, 1.807) is 12.0 Å². The van der Waals surface area contributed by atoms with Gasteiger partial charge in [0.05, 0.1) is 7.11 Å². The molecule has 5 nitrogen and oxygen atoms in total. The van der Waals surface area contributed by atoms with Crippen molar-refractivity contribution in [3.8, 4) is 5.75 Å². The Labute approximate surface area is 146 Å². The number of hydrogen-bond donors (Lipinski definition) is 3. The quantitative estimate of drug-likeness (QED) is 0.607. The number of hydrogen-bond acceptors (Lipinski definition) is 2. The average Bonchev–Trinajstić information content (AvgIpc) is 2.57. The van der Waals surface area contributed by atoms with Crippen molar-refractivity contribution >= 4 is 5.91 Å². The molecule has 0 bridgehead atoms. The zero-order chi connectivity index (χ0) is 17.5. The lowest BCUT2D eigenvalue weighted by molar-refractivity contribution is -1.02. The minimum absolute atomic E-state index is 0.185. The van der Waals surface area contributed by atoms with Crippen LogP contribution in [0, 0.1) is 5.92 Å². The summed E-state index contributed by atoms with van der Waals surface area (Å²) in [6.45, 7) is 12.4. The lowest BCUT2D eigenvalue weighted by Crippen LogP contribution is -3.28. The van der Waals surface area contributed by atoms with E-state index in [1.807, 2.05) is 12.1 Å². The summed E-state index contributed by atoms with van der Waals surface area (Å²) in [5.41, 5.74) is 1.35. The normalized spacial score (nSPS) is 22.2. The van der Waals surface area contributed by atoms with Crippen molar-refractivity contribution in [1.82, 2.24) is 5.32 Å². The van der Waals surface area contributed by atoms with E-state index in [4.69, 9.17) is 4.74 Å². The van der Waals surface area contributed by atoms with Crippen molar-refractivity contribution in [1.29, 1.82) is 0 Å². The minimum Gasteiger partial charge on any atom is -0.497 e. The Hall–Kier alpha value is -1.59. The van der Waals surface area contributed by atoms with E-state index in [0.29, 0.717) is 12.5 Å². The summed E-state index contributed by atoms with van der Waals surface area (Å²) in [6.07, 6.45) is 0. The van der Waals surface area contributed by atoms with Crippen LogP contribution in [0.5, 0.6) is 5.75 Å². The third kappa shape index (κ3) is 5.80. The summed E-state index contributed by atoms with van der Waals surface area (Å²) >= 11 is 0. The van der Waals surface area contributed by atoms with Gasteiger partial charge < -0.3 is 19.9 Å². The Bertz CT molecular complexity index is 508. The number of methoxy groups -OCH3 is 1. The number of amides is 1. The van der Waals surface area contributed by atoms with Gasteiger partial charge in [0.15, 0.2) is 6.54 Å². The summed E-state index contributed by atoms with van der Waals surface area (Å²) in [4.78, 5) is 15.1. The number of piperazine rings is 1. The maximum atomic E-state index is 12.1. The van der Waals surface area contributed by atoms with Crippen LogP contribution in [0.4, 0.5) is 0 Å². The molecule has 1 fully saturated rings. The number of rotatable bonds is 7. The van der Waals surface area contributed by atoms with Gasteiger partial charge in [-0.05, 0) is 37.1 Å². The highest BCUT2D eigenvalue weighted by Gasteiger charge is 2.25. The van der Waals surface area contributed by atoms with Crippen LogP contribution in [0.15, 0.2) is 24.3 Å². The monoisotopic (exact) mass is 335 g/mol. The molecule has 1 aliphatic heterocycles. The standard InChI is InChI=1S/C19H31N3O2/c1-15(2)16(3)20-19(23)14-22-11-9-21(10-12-22)13-17-5-7-18(24-4)8-6-17/h5-8,15-16H,9-14H2,1-4H3,(H,20,23)/p+2/t16-/m0/s1. The van der Waals surface area contributed by atoms with Crippen molar-refractivity contribution in [2.24, 2.45) is 5.92 Å². The van der Waals surface area contributed by atoms with Crippen molar-refractivity contribution in [3.05, 3.63) is 29.8 Å². The van der Waals surface area contributed by atoms with Gasteiger partial charge in [-0.2, -0.15) is 0 Å². The average molecular weight is 335 g/mol. The molecule has 1 saturated heterocycles. The molecule has 0 spiro atoms. The molecular weight excluding hydrogens is 302 g/mol. The van der Waals surface area contributed by atoms with Crippen molar-refractivity contribution in [3.63, 3.8) is 0 Å². The fraction of sp³-hybridized carbons (Fsp3) is 0.632. The number of quaternary nitrogens is 2. The van der Waals surface area contributed by atoms with Gasteiger partial charge in [-0.1, -0.05) is 13.8 Å². The highest BCUT2D eigenvalue weighted by atomic mass is 16.5. The smallest absolute Gasteiger partial charge is 0.275 e. The van der Waals surface area contributed by atoms with Gasteiger partial charge in [-0.15, -0.1) is 0 Å². The summed E-state index contributed by atoms with van der Waals surface area (Å²) in [6, 6.07) is 8.59. The highest BCUT2D eigenvalue weighted by Crippen LogP contribution is 2.10. The topological polar surface area (TPSA) is 47.2 Å². The molecule has 0 unspecified atom stereocenters. The maximum Gasteiger partial charge on any atom is 0.275 e. The van der Waals surface area contributed by atoms with E-state index >= 15 is 0 Å². The minimum atomic E-state index is 0.185. The van der Waals surface area contributed by atoms with Crippen LogP contribution >= 0.6 is 0 Å². The largest absolute Gasteiger partial charge is 0.497 e. The molecule has 3 N–H and O–H groups in total. The number of carbonyl (C=O) groups excluding carboxylic acids is 1. The number of carbonyl (C=O) groups is 1. The van der Waals surface area contributed by atoms with Crippen LogP contribution in [0.25, 0.3) is 0 Å². The van der Waals surface area contributed by atoms with Gasteiger partial charge in [-0.25, -0.2) is 0 Å². The summed E-state index contributed by atoms with van der Waals surface area (Å²) < 4.78 is 5.20. The maximum absolute atomic E-state index is 12.1.